The normalized spacial score (nSPS) is 18.5. The van der Waals surface area contributed by atoms with E-state index in [1.54, 1.807) is 31.2 Å². The largest absolute Gasteiger partial charge is 0.497 e. The molecule has 176 valence electrons. The first kappa shape index (κ1) is 21.4. The number of methoxy groups -OCH3 is 1. The number of nitrogens with zero attached hydrogens (tertiary/aromatic N) is 2. The Kier molecular flexibility index (Phi) is 5.07. The SMILES string of the molecule is COc1ccc2nc(NC(=O)[C@H]3c4ccccc4C(=O)N(C)[C@@H]3c3ccc4c(c3)OCO4)sc2c1. The van der Waals surface area contributed by atoms with E-state index in [0.717, 1.165) is 21.5 Å². The number of anilines is 1. The van der Waals surface area contributed by atoms with Gasteiger partial charge in [-0.05, 0) is 47.5 Å². The van der Waals surface area contributed by atoms with Crippen molar-refractivity contribution in [3.05, 3.63) is 77.4 Å². The molecule has 3 heterocycles. The quantitative estimate of drug-likeness (QED) is 0.453. The van der Waals surface area contributed by atoms with E-state index in [4.69, 9.17) is 14.2 Å². The minimum absolute atomic E-state index is 0.139. The number of aromatic nitrogens is 1. The molecule has 0 bridgehead atoms. The van der Waals surface area contributed by atoms with Crippen LogP contribution in [0.1, 0.15) is 33.4 Å². The maximum Gasteiger partial charge on any atom is 0.254 e. The minimum Gasteiger partial charge on any atom is -0.497 e. The highest BCUT2D eigenvalue weighted by molar-refractivity contribution is 7.22. The molecule has 0 saturated heterocycles. The number of rotatable bonds is 4. The number of nitrogens with one attached hydrogen (secondary N) is 1. The van der Waals surface area contributed by atoms with Crippen molar-refractivity contribution in [2.75, 3.05) is 26.3 Å². The van der Waals surface area contributed by atoms with E-state index in [0.29, 0.717) is 27.8 Å². The Labute approximate surface area is 205 Å². The lowest BCUT2D eigenvalue weighted by Gasteiger charge is -2.39. The van der Waals surface area contributed by atoms with Crippen molar-refractivity contribution in [1.29, 1.82) is 0 Å². The molecule has 2 amide bonds. The molecule has 2 atom stereocenters. The van der Waals surface area contributed by atoms with Crippen molar-refractivity contribution < 1.29 is 23.8 Å². The van der Waals surface area contributed by atoms with Crippen LogP contribution in [0.3, 0.4) is 0 Å². The molecule has 2 aliphatic rings. The number of hydrogen-bond donors (Lipinski definition) is 1. The highest BCUT2D eigenvalue weighted by Crippen LogP contribution is 2.45. The third-order valence-corrected chi connectivity index (χ3v) is 7.36. The molecule has 35 heavy (non-hydrogen) atoms. The average Bonchev–Trinajstić information content (AvgIpc) is 3.51. The molecule has 0 aliphatic carbocycles. The maximum atomic E-state index is 13.8. The summed E-state index contributed by atoms with van der Waals surface area (Å²) in [7, 11) is 3.33. The summed E-state index contributed by atoms with van der Waals surface area (Å²) in [6.07, 6.45) is 0. The second-order valence-electron chi connectivity index (χ2n) is 8.38. The Balaban J connectivity index is 1.41. The number of benzene rings is 3. The van der Waals surface area contributed by atoms with Gasteiger partial charge in [-0.15, -0.1) is 0 Å². The molecule has 4 aromatic rings. The lowest BCUT2D eigenvalue weighted by molar-refractivity contribution is -0.119. The van der Waals surface area contributed by atoms with Crippen molar-refractivity contribution in [3.63, 3.8) is 0 Å². The first-order valence-corrected chi connectivity index (χ1v) is 11.9. The van der Waals surface area contributed by atoms with Crippen molar-refractivity contribution in [2.24, 2.45) is 0 Å². The topological polar surface area (TPSA) is 90.0 Å². The van der Waals surface area contributed by atoms with Crippen LogP contribution in [0.15, 0.2) is 60.7 Å². The summed E-state index contributed by atoms with van der Waals surface area (Å²) in [4.78, 5) is 33.3. The van der Waals surface area contributed by atoms with Gasteiger partial charge in [0.1, 0.15) is 5.75 Å². The summed E-state index contributed by atoms with van der Waals surface area (Å²) in [6.45, 7) is 0.146. The highest BCUT2D eigenvalue weighted by Gasteiger charge is 2.43. The number of carbonyl (C=O) groups excluding carboxylic acids is 2. The zero-order valence-electron chi connectivity index (χ0n) is 19.0. The molecule has 0 fully saturated rings. The average molecular weight is 488 g/mol. The summed E-state index contributed by atoms with van der Waals surface area (Å²) in [5.74, 6) is 0.926. The summed E-state index contributed by atoms with van der Waals surface area (Å²) in [5, 5.41) is 3.49. The fourth-order valence-electron chi connectivity index (χ4n) is 4.74. The van der Waals surface area contributed by atoms with Crippen LogP contribution in [0.5, 0.6) is 17.2 Å². The molecular weight excluding hydrogens is 466 g/mol. The van der Waals surface area contributed by atoms with Crippen molar-refractivity contribution in [2.45, 2.75) is 12.0 Å². The maximum absolute atomic E-state index is 13.8. The minimum atomic E-state index is -0.657. The predicted octanol–water partition coefficient (Wildman–Crippen LogP) is 4.58. The molecule has 9 heteroatoms. The van der Waals surface area contributed by atoms with Crippen LogP contribution >= 0.6 is 11.3 Å². The van der Waals surface area contributed by atoms with Crippen LogP contribution < -0.4 is 19.5 Å². The zero-order valence-corrected chi connectivity index (χ0v) is 19.8. The van der Waals surface area contributed by atoms with Crippen molar-refractivity contribution >= 4 is 38.5 Å². The molecule has 0 unspecified atom stereocenters. The number of amides is 2. The standard InChI is InChI=1S/C26H21N3O5S/c1-29-23(14-7-10-19-20(11-14)34-13-33-19)22(16-5-3-4-6-17(16)25(29)31)24(30)28-26-27-18-9-8-15(32-2)12-21(18)35-26/h3-12,22-23H,13H2,1-2H3,(H,27,28,30)/t22-,23+/m0/s1. The Morgan fingerprint density at radius 1 is 1.11 bits per heavy atom. The first-order valence-electron chi connectivity index (χ1n) is 11.0. The van der Waals surface area contributed by atoms with E-state index < -0.39 is 12.0 Å². The number of thiazole rings is 1. The second kappa shape index (κ2) is 8.28. The van der Waals surface area contributed by atoms with Gasteiger partial charge in [0.25, 0.3) is 5.91 Å². The van der Waals surface area contributed by atoms with Gasteiger partial charge in [-0.2, -0.15) is 0 Å². The molecule has 0 spiro atoms. The van der Waals surface area contributed by atoms with Gasteiger partial charge >= 0.3 is 0 Å². The summed E-state index contributed by atoms with van der Waals surface area (Å²) in [5.41, 5.74) is 2.75. The Hall–Kier alpha value is -4.11. The Bertz CT molecular complexity index is 1480. The van der Waals surface area contributed by atoms with E-state index in [1.807, 2.05) is 48.5 Å². The van der Waals surface area contributed by atoms with Crippen LogP contribution in [-0.2, 0) is 4.79 Å². The van der Waals surface area contributed by atoms with Crippen LogP contribution in [-0.4, -0.2) is 42.6 Å². The monoisotopic (exact) mass is 487 g/mol. The van der Waals surface area contributed by atoms with Gasteiger partial charge < -0.3 is 24.4 Å². The Morgan fingerprint density at radius 2 is 1.94 bits per heavy atom. The predicted molar refractivity (Wildman–Crippen MR) is 131 cm³/mol. The van der Waals surface area contributed by atoms with Gasteiger partial charge in [0.05, 0.1) is 29.3 Å². The van der Waals surface area contributed by atoms with Gasteiger partial charge in [0.2, 0.25) is 12.7 Å². The second-order valence-corrected chi connectivity index (χ2v) is 9.41. The van der Waals surface area contributed by atoms with Gasteiger partial charge in [-0.25, -0.2) is 4.98 Å². The summed E-state index contributed by atoms with van der Waals surface area (Å²) >= 11 is 1.37. The summed E-state index contributed by atoms with van der Waals surface area (Å²) in [6, 6.07) is 17.8. The van der Waals surface area contributed by atoms with E-state index in [-0.39, 0.29) is 18.6 Å². The zero-order chi connectivity index (χ0) is 24.1. The van der Waals surface area contributed by atoms with E-state index >= 15 is 0 Å². The first-order chi connectivity index (χ1) is 17.0. The molecule has 6 rings (SSSR count). The van der Waals surface area contributed by atoms with Gasteiger partial charge in [-0.3, -0.25) is 9.59 Å². The molecule has 0 radical (unpaired) electrons. The molecule has 2 aliphatic heterocycles. The Morgan fingerprint density at radius 3 is 2.80 bits per heavy atom. The summed E-state index contributed by atoms with van der Waals surface area (Å²) < 4.78 is 17.2. The van der Waals surface area contributed by atoms with Crippen LogP contribution in [0.25, 0.3) is 10.2 Å². The van der Waals surface area contributed by atoms with E-state index in [1.165, 1.54) is 11.3 Å². The van der Waals surface area contributed by atoms with E-state index in [9.17, 15) is 9.59 Å². The third kappa shape index (κ3) is 3.55. The molecule has 0 saturated carbocycles. The lowest BCUT2D eigenvalue weighted by atomic mass is 9.79. The van der Waals surface area contributed by atoms with Gasteiger partial charge in [0.15, 0.2) is 16.6 Å². The van der Waals surface area contributed by atoms with Gasteiger partial charge in [-0.1, -0.05) is 35.6 Å². The van der Waals surface area contributed by atoms with Crippen molar-refractivity contribution in [1.82, 2.24) is 9.88 Å². The fraction of sp³-hybridized carbons (Fsp3) is 0.192. The number of fused-ring (bicyclic) bond motifs is 3. The number of ether oxygens (including phenoxy) is 3. The fourth-order valence-corrected chi connectivity index (χ4v) is 5.64. The van der Waals surface area contributed by atoms with Crippen LogP contribution in [0, 0.1) is 0 Å². The molecule has 3 aromatic carbocycles. The van der Waals surface area contributed by atoms with Crippen LogP contribution in [0.2, 0.25) is 0 Å². The smallest absolute Gasteiger partial charge is 0.254 e. The van der Waals surface area contributed by atoms with Crippen LogP contribution in [0.4, 0.5) is 5.13 Å². The molecular formula is C26H21N3O5S. The molecule has 1 N–H and O–H groups in total. The number of carbonyl (C=O) groups is 2. The van der Waals surface area contributed by atoms with Gasteiger partial charge in [0, 0.05) is 12.6 Å². The third-order valence-electron chi connectivity index (χ3n) is 6.43. The lowest BCUT2D eigenvalue weighted by Crippen LogP contribution is -2.44. The molecule has 8 nitrogen and oxygen atoms in total. The number of hydrogen-bond acceptors (Lipinski definition) is 7. The van der Waals surface area contributed by atoms with Crippen molar-refractivity contribution in [3.8, 4) is 17.2 Å². The highest BCUT2D eigenvalue weighted by atomic mass is 32.1. The number of likely N-dealkylation sites (N-methyl/N-ethyl adjacent to an activating group) is 1. The van der Waals surface area contributed by atoms with E-state index in [2.05, 4.69) is 10.3 Å². The molecule has 1 aromatic heterocycles.